The molecule has 2 aromatic carbocycles. The fourth-order valence-corrected chi connectivity index (χ4v) is 4.09. The summed E-state index contributed by atoms with van der Waals surface area (Å²) in [7, 11) is 0. The first-order chi connectivity index (χ1) is 15.2. The largest absolute Gasteiger partial charge is 0.335 e. The van der Waals surface area contributed by atoms with Crippen molar-refractivity contribution in [2.24, 2.45) is 11.1 Å². The van der Waals surface area contributed by atoms with Crippen molar-refractivity contribution < 1.29 is 14.4 Å². The smallest absolute Gasteiger partial charge is 0.318 e. The van der Waals surface area contributed by atoms with Gasteiger partial charge in [-0.2, -0.15) is 0 Å². The molecule has 0 saturated heterocycles. The third-order valence-corrected chi connectivity index (χ3v) is 6.29. The molecule has 31 heavy (non-hydrogen) atoms. The van der Waals surface area contributed by atoms with Crippen LogP contribution in [0.3, 0.4) is 0 Å². The van der Waals surface area contributed by atoms with Gasteiger partial charge >= 0.3 is 5.97 Å². The Labute approximate surface area is 189 Å². The summed E-state index contributed by atoms with van der Waals surface area (Å²) in [5.41, 5.74) is 0.928. The van der Waals surface area contributed by atoms with E-state index in [9.17, 15) is 9.59 Å². The lowest BCUT2D eigenvalue weighted by atomic mass is 10.0. The Morgan fingerprint density at radius 2 is 1.61 bits per heavy atom. The molecule has 5 heteroatoms. The molecular formula is C26H31NO3S. The Morgan fingerprint density at radius 3 is 2.29 bits per heavy atom. The summed E-state index contributed by atoms with van der Waals surface area (Å²) in [5, 5.41) is 4.00. The van der Waals surface area contributed by atoms with Gasteiger partial charge in [0.25, 0.3) is 0 Å². The quantitative estimate of drug-likeness (QED) is 0.110. The number of hydrogen-bond acceptors (Lipinski definition) is 5. The standard InChI is InChI=1S/C26H31NO3S/c1-2-3-4-5-9-12-25(28)30-27-24(19-20-13-14-20)26(29)21-15-17-23(18-16-21)31-22-10-7-6-8-11-22/h6-8,10-11,15-18,20H,2-5,9,12-14,19H2,1H3/b27-24+. The van der Waals surface area contributed by atoms with E-state index in [4.69, 9.17) is 4.84 Å². The predicted molar refractivity (Wildman–Crippen MR) is 126 cm³/mol. The summed E-state index contributed by atoms with van der Waals surface area (Å²) < 4.78 is 0. The van der Waals surface area contributed by atoms with Crippen molar-refractivity contribution in [3.63, 3.8) is 0 Å². The third-order valence-electron chi connectivity index (χ3n) is 5.28. The molecule has 4 nitrogen and oxygen atoms in total. The average Bonchev–Trinajstić information content (AvgIpc) is 3.61. The van der Waals surface area contributed by atoms with Crippen molar-refractivity contribution in [2.45, 2.75) is 74.5 Å². The van der Waals surface area contributed by atoms with Crippen molar-refractivity contribution in [1.29, 1.82) is 0 Å². The number of rotatable bonds is 13. The number of carbonyl (C=O) groups is 2. The molecule has 0 aromatic heterocycles. The van der Waals surface area contributed by atoms with Crippen LogP contribution in [0.1, 0.15) is 75.1 Å². The maximum absolute atomic E-state index is 13.0. The van der Waals surface area contributed by atoms with Gasteiger partial charge in [-0.25, -0.2) is 4.79 Å². The molecule has 0 heterocycles. The second-order valence-electron chi connectivity index (χ2n) is 8.08. The average molecular weight is 438 g/mol. The van der Waals surface area contributed by atoms with Gasteiger partial charge in [-0.05, 0) is 68.0 Å². The zero-order chi connectivity index (χ0) is 21.9. The zero-order valence-electron chi connectivity index (χ0n) is 18.2. The van der Waals surface area contributed by atoms with Gasteiger partial charge in [-0.15, -0.1) is 0 Å². The normalized spacial score (nSPS) is 13.8. The molecule has 0 amide bonds. The molecule has 2 aromatic rings. The molecule has 1 aliphatic rings. The van der Waals surface area contributed by atoms with Gasteiger partial charge in [0.05, 0.1) is 0 Å². The van der Waals surface area contributed by atoms with Crippen LogP contribution in [-0.4, -0.2) is 17.5 Å². The molecule has 1 saturated carbocycles. The molecular weight excluding hydrogens is 406 g/mol. The highest BCUT2D eigenvalue weighted by atomic mass is 32.2. The first kappa shape index (κ1) is 23.3. The van der Waals surface area contributed by atoms with Crippen LogP contribution in [-0.2, 0) is 9.63 Å². The summed E-state index contributed by atoms with van der Waals surface area (Å²) in [6.45, 7) is 2.16. The summed E-state index contributed by atoms with van der Waals surface area (Å²) in [4.78, 5) is 32.3. The van der Waals surface area contributed by atoms with Crippen LogP contribution in [0.5, 0.6) is 0 Å². The summed E-state index contributed by atoms with van der Waals surface area (Å²) in [6.07, 6.45) is 8.45. The second-order valence-corrected chi connectivity index (χ2v) is 9.23. The van der Waals surface area contributed by atoms with Crippen LogP contribution >= 0.6 is 11.8 Å². The highest BCUT2D eigenvalue weighted by molar-refractivity contribution is 7.99. The van der Waals surface area contributed by atoms with Crippen molar-refractivity contribution >= 4 is 29.2 Å². The second kappa shape index (κ2) is 12.5. The Morgan fingerprint density at radius 1 is 0.935 bits per heavy atom. The maximum Gasteiger partial charge on any atom is 0.335 e. The lowest BCUT2D eigenvalue weighted by Gasteiger charge is -2.07. The van der Waals surface area contributed by atoms with Crippen molar-refractivity contribution in [3.8, 4) is 0 Å². The van der Waals surface area contributed by atoms with Crippen molar-refractivity contribution in [1.82, 2.24) is 0 Å². The SMILES string of the molecule is CCCCCCCC(=O)O/N=C(\CC1CC1)C(=O)c1ccc(Sc2ccccc2)cc1. The van der Waals surface area contributed by atoms with Crippen molar-refractivity contribution in [3.05, 3.63) is 60.2 Å². The Bertz CT molecular complexity index is 873. The molecule has 1 aliphatic carbocycles. The van der Waals surface area contributed by atoms with Crippen LogP contribution in [0, 0.1) is 5.92 Å². The summed E-state index contributed by atoms with van der Waals surface area (Å²) in [6, 6.07) is 17.7. The molecule has 164 valence electrons. The van der Waals surface area contributed by atoms with E-state index in [1.165, 1.54) is 12.8 Å². The Kier molecular flexibility index (Phi) is 9.35. The molecule has 1 fully saturated rings. The minimum atomic E-state index is -0.354. The molecule has 0 bridgehead atoms. The molecule has 0 unspecified atom stereocenters. The van der Waals surface area contributed by atoms with E-state index < -0.39 is 0 Å². The van der Waals surface area contributed by atoms with Gasteiger partial charge in [-0.1, -0.05) is 67.7 Å². The van der Waals surface area contributed by atoms with E-state index in [-0.39, 0.29) is 11.8 Å². The fourth-order valence-electron chi connectivity index (χ4n) is 3.26. The van der Waals surface area contributed by atoms with Gasteiger partial charge < -0.3 is 4.84 Å². The van der Waals surface area contributed by atoms with E-state index in [1.54, 1.807) is 11.8 Å². The number of ketones is 1. The lowest BCUT2D eigenvalue weighted by molar-refractivity contribution is -0.143. The molecule has 0 aliphatic heterocycles. The van der Waals surface area contributed by atoms with Gasteiger partial charge in [0, 0.05) is 21.8 Å². The van der Waals surface area contributed by atoms with E-state index in [1.807, 2.05) is 42.5 Å². The van der Waals surface area contributed by atoms with Crippen molar-refractivity contribution in [2.75, 3.05) is 0 Å². The molecule has 3 rings (SSSR count). The minimum Gasteiger partial charge on any atom is -0.318 e. The number of hydrogen-bond donors (Lipinski definition) is 0. The van der Waals surface area contributed by atoms with E-state index >= 15 is 0 Å². The number of nitrogens with zero attached hydrogens (tertiary/aromatic N) is 1. The van der Waals surface area contributed by atoms with Gasteiger partial charge in [0.15, 0.2) is 0 Å². The van der Waals surface area contributed by atoms with Crippen LogP contribution in [0.15, 0.2) is 69.5 Å². The van der Waals surface area contributed by atoms with Crippen LogP contribution in [0.4, 0.5) is 0 Å². The molecule has 0 radical (unpaired) electrons. The summed E-state index contributed by atoms with van der Waals surface area (Å²) in [5.74, 6) is -0.0329. The first-order valence-electron chi connectivity index (χ1n) is 11.3. The van der Waals surface area contributed by atoms with Gasteiger partial charge in [-0.3, -0.25) is 4.79 Å². The van der Waals surface area contributed by atoms with Crippen LogP contribution in [0.25, 0.3) is 0 Å². The van der Waals surface area contributed by atoms with Gasteiger partial charge in [0.2, 0.25) is 5.78 Å². The molecule has 0 atom stereocenters. The summed E-state index contributed by atoms with van der Waals surface area (Å²) >= 11 is 1.65. The molecule has 0 N–H and O–H groups in total. The monoisotopic (exact) mass is 437 g/mol. The van der Waals surface area contributed by atoms with E-state index in [0.717, 1.165) is 41.9 Å². The fraction of sp³-hybridized carbons (Fsp3) is 0.423. The van der Waals surface area contributed by atoms with Crippen LogP contribution < -0.4 is 0 Å². The number of unbranched alkanes of at least 4 members (excludes halogenated alkanes) is 4. The first-order valence-corrected chi connectivity index (χ1v) is 12.1. The van der Waals surface area contributed by atoms with E-state index in [0.29, 0.717) is 30.0 Å². The highest BCUT2D eigenvalue weighted by Gasteiger charge is 2.27. The molecule has 0 spiro atoms. The van der Waals surface area contributed by atoms with Gasteiger partial charge in [0.1, 0.15) is 5.71 Å². The van der Waals surface area contributed by atoms with E-state index in [2.05, 4.69) is 24.2 Å². The Balaban J connectivity index is 1.57. The number of benzene rings is 2. The highest BCUT2D eigenvalue weighted by Crippen LogP contribution is 2.33. The topological polar surface area (TPSA) is 55.7 Å². The number of Topliss-reactive ketones (excluding diaryl/α,β-unsaturated/α-hetero) is 1. The number of oxime groups is 1. The number of carbonyl (C=O) groups excluding carboxylic acids is 2. The zero-order valence-corrected chi connectivity index (χ0v) is 19.0. The predicted octanol–water partition coefficient (Wildman–Crippen LogP) is 7.08. The lowest BCUT2D eigenvalue weighted by Crippen LogP contribution is -2.17. The maximum atomic E-state index is 13.0. The Hall–Kier alpha value is -2.40. The van der Waals surface area contributed by atoms with Crippen LogP contribution in [0.2, 0.25) is 0 Å². The third kappa shape index (κ3) is 8.33. The minimum absolute atomic E-state index is 0.154.